The van der Waals surface area contributed by atoms with Gasteiger partial charge in [0.25, 0.3) is 5.91 Å². The van der Waals surface area contributed by atoms with E-state index in [4.69, 9.17) is 21.1 Å². The minimum Gasteiger partial charge on any atom is -0.484 e. The molecule has 0 saturated heterocycles. The number of esters is 1. The van der Waals surface area contributed by atoms with Crippen molar-refractivity contribution in [3.63, 3.8) is 0 Å². The molecule has 1 amide bonds. The Bertz CT molecular complexity index is 499. The lowest BCUT2D eigenvalue weighted by atomic mass is 10.3. The average Bonchev–Trinajstić information content (AvgIpc) is 3.29. The highest BCUT2D eigenvalue weighted by Crippen LogP contribution is 2.27. The number of amides is 1. The molecule has 2 rings (SSSR count). The first kappa shape index (κ1) is 15.6. The SMILES string of the molecule is CCOC(=O)CN(C(=O)COc1ccc(Cl)cc1)C1CC1. The number of hydrogen-bond acceptors (Lipinski definition) is 4. The molecule has 0 aromatic heterocycles. The Morgan fingerprint density at radius 3 is 2.52 bits per heavy atom. The summed E-state index contributed by atoms with van der Waals surface area (Å²) < 4.78 is 10.3. The molecule has 1 aromatic carbocycles. The molecule has 1 aliphatic carbocycles. The van der Waals surface area contributed by atoms with Gasteiger partial charge in [0.1, 0.15) is 12.3 Å². The second-order valence-corrected chi connectivity index (χ2v) is 5.24. The fraction of sp³-hybridized carbons (Fsp3) is 0.467. The minimum absolute atomic E-state index is 0.0126. The van der Waals surface area contributed by atoms with Crippen molar-refractivity contribution in [3.05, 3.63) is 29.3 Å². The summed E-state index contributed by atoms with van der Waals surface area (Å²) >= 11 is 5.78. The third-order valence-electron chi connectivity index (χ3n) is 3.09. The van der Waals surface area contributed by atoms with Gasteiger partial charge in [0, 0.05) is 11.1 Å². The number of carbonyl (C=O) groups is 2. The first-order valence-electron chi connectivity index (χ1n) is 6.93. The van der Waals surface area contributed by atoms with Crippen LogP contribution in [-0.4, -0.2) is 42.6 Å². The van der Waals surface area contributed by atoms with Crippen molar-refractivity contribution in [2.45, 2.75) is 25.8 Å². The van der Waals surface area contributed by atoms with Gasteiger partial charge >= 0.3 is 5.97 Å². The lowest BCUT2D eigenvalue weighted by Crippen LogP contribution is -2.40. The molecular formula is C15H18ClNO4. The number of carbonyl (C=O) groups excluding carboxylic acids is 2. The Morgan fingerprint density at radius 2 is 1.95 bits per heavy atom. The van der Waals surface area contributed by atoms with Crippen LogP contribution in [0, 0.1) is 0 Å². The average molecular weight is 312 g/mol. The largest absolute Gasteiger partial charge is 0.484 e. The van der Waals surface area contributed by atoms with Crippen LogP contribution < -0.4 is 4.74 Å². The van der Waals surface area contributed by atoms with Crippen molar-refractivity contribution in [2.24, 2.45) is 0 Å². The smallest absolute Gasteiger partial charge is 0.325 e. The van der Waals surface area contributed by atoms with Gasteiger partial charge < -0.3 is 14.4 Å². The van der Waals surface area contributed by atoms with Gasteiger partial charge in [0.15, 0.2) is 6.61 Å². The minimum atomic E-state index is -0.385. The van der Waals surface area contributed by atoms with Crippen LogP contribution in [0.2, 0.25) is 5.02 Å². The van der Waals surface area contributed by atoms with E-state index < -0.39 is 0 Å². The molecular weight excluding hydrogens is 294 g/mol. The van der Waals surface area contributed by atoms with Gasteiger partial charge in [-0.05, 0) is 44.0 Å². The van der Waals surface area contributed by atoms with E-state index in [-0.39, 0.29) is 31.1 Å². The Balaban J connectivity index is 1.86. The summed E-state index contributed by atoms with van der Waals surface area (Å²) in [6.45, 7) is 1.94. The van der Waals surface area contributed by atoms with Crippen LogP contribution in [0.25, 0.3) is 0 Å². The van der Waals surface area contributed by atoms with E-state index in [1.807, 2.05) is 0 Å². The zero-order valence-electron chi connectivity index (χ0n) is 11.9. The predicted molar refractivity (Wildman–Crippen MR) is 78.3 cm³/mol. The van der Waals surface area contributed by atoms with E-state index in [9.17, 15) is 9.59 Å². The lowest BCUT2D eigenvalue weighted by molar-refractivity contribution is -0.150. The highest BCUT2D eigenvalue weighted by Gasteiger charge is 2.34. The molecule has 5 nitrogen and oxygen atoms in total. The third-order valence-corrected chi connectivity index (χ3v) is 3.34. The van der Waals surface area contributed by atoms with E-state index in [2.05, 4.69) is 0 Å². The van der Waals surface area contributed by atoms with Crippen LogP contribution in [0.5, 0.6) is 5.75 Å². The number of halogens is 1. The van der Waals surface area contributed by atoms with Crippen LogP contribution in [-0.2, 0) is 14.3 Å². The maximum absolute atomic E-state index is 12.2. The molecule has 0 N–H and O–H groups in total. The Hall–Kier alpha value is -1.75. The molecule has 0 heterocycles. The van der Waals surface area contributed by atoms with E-state index in [0.29, 0.717) is 17.4 Å². The summed E-state index contributed by atoms with van der Waals surface area (Å²) in [5.74, 6) is -0.0237. The lowest BCUT2D eigenvalue weighted by Gasteiger charge is -2.21. The zero-order valence-corrected chi connectivity index (χ0v) is 12.6. The predicted octanol–water partition coefficient (Wildman–Crippen LogP) is 2.27. The molecule has 1 fully saturated rings. The highest BCUT2D eigenvalue weighted by atomic mass is 35.5. The summed E-state index contributed by atoms with van der Waals surface area (Å²) in [4.78, 5) is 25.2. The van der Waals surface area contributed by atoms with E-state index >= 15 is 0 Å². The molecule has 6 heteroatoms. The monoisotopic (exact) mass is 311 g/mol. The molecule has 0 bridgehead atoms. The van der Waals surface area contributed by atoms with Gasteiger partial charge in [-0.25, -0.2) is 0 Å². The maximum Gasteiger partial charge on any atom is 0.325 e. The van der Waals surface area contributed by atoms with E-state index in [1.54, 1.807) is 31.2 Å². The first-order chi connectivity index (χ1) is 10.1. The molecule has 0 spiro atoms. The van der Waals surface area contributed by atoms with Crippen molar-refractivity contribution < 1.29 is 19.1 Å². The Labute approximate surface area is 128 Å². The van der Waals surface area contributed by atoms with Gasteiger partial charge in [0.05, 0.1) is 6.61 Å². The summed E-state index contributed by atoms with van der Waals surface area (Å²) in [6, 6.07) is 6.91. The highest BCUT2D eigenvalue weighted by molar-refractivity contribution is 6.30. The van der Waals surface area contributed by atoms with Gasteiger partial charge in [-0.15, -0.1) is 0 Å². The molecule has 114 valence electrons. The molecule has 1 saturated carbocycles. The molecule has 1 aliphatic rings. The van der Waals surface area contributed by atoms with E-state index in [1.165, 1.54) is 4.90 Å². The zero-order chi connectivity index (χ0) is 15.2. The van der Waals surface area contributed by atoms with E-state index in [0.717, 1.165) is 12.8 Å². The fourth-order valence-corrected chi connectivity index (χ4v) is 2.04. The Kier molecular flexibility index (Phi) is 5.44. The van der Waals surface area contributed by atoms with Crippen LogP contribution in [0.4, 0.5) is 0 Å². The third kappa shape index (κ3) is 4.93. The number of nitrogens with zero attached hydrogens (tertiary/aromatic N) is 1. The number of hydrogen-bond donors (Lipinski definition) is 0. The summed E-state index contributed by atoms with van der Waals surface area (Å²) in [5, 5.41) is 0.607. The summed E-state index contributed by atoms with van der Waals surface area (Å²) in [5.41, 5.74) is 0. The van der Waals surface area contributed by atoms with Crippen molar-refractivity contribution in [2.75, 3.05) is 19.8 Å². The van der Waals surface area contributed by atoms with Crippen molar-refractivity contribution >= 4 is 23.5 Å². The number of benzene rings is 1. The molecule has 0 atom stereocenters. The van der Waals surface area contributed by atoms with Gasteiger partial charge in [-0.3, -0.25) is 9.59 Å². The molecule has 0 radical (unpaired) electrons. The molecule has 21 heavy (non-hydrogen) atoms. The van der Waals surface area contributed by atoms with Crippen molar-refractivity contribution in [1.29, 1.82) is 0 Å². The summed E-state index contributed by atoms with van der Waals surface area (Å²) in [6.07, 6.45) is 1.85. The quantitative estimate of drug-likeness (QED) is 0.725. The fourth-order valence-electron chi connectivity index (χ4n) is 1.91. The molecule has 1 aromatic rings. The molecule has 0 aliphatic heterocycles. The van der Waals surface area contributed by atoms with Crippen LogP contribution in [0.15, 0.2) is 24.3 Å². The first-order valence-corrected chi connectivity index (χ1v) is 7.31. The Morgan fingerprint density at radius 1 is 1.29 bits per heavy atom. The summed E-state index contributed by atoms with van der Waals surface area (Å²) in [7, 11) is 0. The molecule has 0 unspecified atom stereocenters. The van der Waals surface area contributed by atoms with Crippen LogP contribution in [0.1, 0.15) is 19.8 Å². The second kappa shape index (κ2) is 7.31. The van der Waals surface area contributed by atoms with Crippen molar-refractivity contribution in [3.8, 4) is 5.75 Å². The maximum atomic E-state index is 12.2. The normalized spacial score (nSPS) is 13.6. The number of rotatable bonds is 7. The van der Waals surface area contributed by atoms with Crippen LogP contribution >= 0.6 is 11.6 Å². The van der Waals surface area contributed by atoms with Crippen LogP contribution in [0.3, 0.4) is 0 Å². The van der Waals surface area contributed by atoms with Crippen molar-refractivity contribution in [1.82, 2.24) is 4.90 Å². The second-order valence-electron chi connectivity index (χ2n) is 4.80. The topological polar surface area (TPSA) is 55.8 Å². The number of ether oxygens (including phenoxy) is 2. The van der Waals surface area contributed by atoms with Gasteiger partial charge in [0.2, 0.25) is 0 Å². The van der Waals surface area contributed by atoms with Gasteiger partial charge in [-0.2, -0.15) is 0 Å². The van der Waals surface area contributed by atoms with Gasteiger partial charge in [-0.1, -0.05) is 11.6 Å². The standard InChI is InChI=1S/C15H18ClNO4/c1-2-20-15(19)9-17(12-5-6-12)14(18)10-21-13-7-3-11(16)4-8-13/h3-4,7-8,12H,2,5-6,9-10H2,1H3.